The molecule has 0 atom stereocenters. The molecule has 53 heavy (non-hydrogen) atoms. The van der Waals surface area contributed by atoms with Gasteiger partial charge in [-0.3, -0.25) is 0 Å². The Hall–Kier alpha value is -4.79. The molecule has 0 unspecified atom stereocenters. The van der Waals surface area contributed by atoms with E-state index in [2.05, 4.69) is 195 Å². The molecule has 0 N–H and O–H groups in total. The van der Waals surface area contributed by atoms with Gasteiger partial charge in [-0.1, -0.05) is 183 Å². The SMILES string of the molecule is C[Si]1(C)CC[Si](C)(C)c2c(-n3c4ccccc4c4ccccc43)cc([Si](c3ccccc3)(c3ccccc3)c3cccc4c3sc3ccccc34)cc21. The van der Waals surface area contributed by atoms with E-state index in [1.165, 1.54) is 80.5 Å². The first-order valence-electron chi connectivity index (χ1n) is 19.0. The highest BCUT2D eigenvalue weighted by Gasteiger charge is 2.47. The third kappa shape index (κ3) is 4.84. The fourth-order valence-electron chi connectivity index (χ4n) is 9.72. The van der Waals surface area contributed by atoms with Gasteiger partial charge in [0.2, 0.25) is 0 Å². The Balaban J connectivity index is 1.44. The smallest absolute Gasteiger partial charge is 0.181 e. The quantitative estimate of drug-likeness (QED) is 0.122. The lowest BCUT2D eigenvalue weighted by Crippen LogP contribution is -2.76. The Kier molecular flexibility index (Phi) is 7.51. The zero-order valence-electron chi connectivity index (χ0n) is 30.9. The van der Waals surface area contributed by atoms with Crippen LogP contribution >= 0.6 is 11.3 Å². The summed E-state index contributed by atoms with van der Waals surface area (Å²) < 4.78 is 5.46. The molecular weight excluding hydrogens is 707 g/mol. The van der Waals surface area contributed by atoms with Gasteiger partial charge in [0.05, 0.1) is 27.2 Å². The first-order valence-corrected chi connectivity index (χ1v) is 28.2. The van der Waals surface area contributed by atoms with Gasteiger partial charge < -0.3 is 4.57 Å². The lowest BCUT2D eigenvalue weighted by molar-refractivity contribution is 1.18. The summed E-state index contributed by atoms with van der Waals surface area (Å²) in [6.45, 7) is 10.6. The topological polar surface area (TPSA) is 4.93 Å². The van der Waals surface area contributed by atoms with Crippen LogP contribution in [0.25, 0.3) is 47.7 Å². The summed E-state index contributed by atoms with van der Waals surface area (Å²) in [7, 11) is -6.60. The molecule has 5 heteroatoms. The van der Waals surface area contributed by atoms with Crippen molar-refractivity contribution in [3.8, 4) is 5.69 Å². The summed E-state index contributed by atoms with van der Waals surface area (Å²) in [6, 6.07) is 65.8. The number of fused-ring (bicyclic) bond motifs is 7. The van der Waals surface area contributed by atoms with Crippen LogP contribution in [0, 0.1) is 0 Å². The first-order chi connectivity index (χ1) is 25.8. The Morgan fingerprint density at radius 2 is 1.02 bits per heavy atom. The number of aromatic nitrogens is 1. The van der Waals surface area contributed by atoms with Crippen molar-refractivity contribution in [3.63, 3.8) is 0 Å². The molecule has 0 saturated carbocycles. The van der Waals surface area contributed by atoms with Crippen LogP contribution in [0.4, 0.5) is 0 Å². The number of hydrogen-bond acceptors (Lipinski definition) is 1. The summed E-state index contributed by atoms with van der Waals surface area (Å²) in [5, 5.41) is 14.7. The number of rotatable bonds is 5. The van der Waals surface area contributed by atoms with E-state index < -0.39 is 24.2 Å². The highest BCUT2D eigenvalue weighted by Crippen LogP contribution is 2.36. The third-order valence-corrected chi connectivity index (χ3v) is 26.0. The number of thiophene rings is 1. The van der Waals surface area contributed by atoms with E-state index in [9.17, 15) is 0 Å². The maximum atomic E-state index is 2.78. The summed E-state index contributed by atoms with van der Waals surface area (Å²) in [5.74, 6) is 0. The molecule has 10 rings (SSSR count). The molecule has 1 aliphatic rings. The van der Waals surface area contributed by atoms with E-state index >= 15 is 0 Å². The number of benzene rings is 7. The zero-order chi connectivity index (χ0) is 36.0. The molecule has 0 aliphatic carbocycles. The minimum Gasteiger partial charge on any atom is -0.309 e. The van der Waals surface area contributed by atoms with E-state index in [1.807, 2.05) is 11.3 Å². The lowest BCUT2D eigenvalue weighted by atomic mass is 10.1. The minimum atomic E-state index is -2.94. The maximum Gasteiger partial charge on any atom is 0.181 e. The molecule has 0 amide bonds. The Morgan fingerprint density at radius 1 is 0.491 bits per heavy atom. The van der Waals surface area contributed by atoms with Crippen LogP contribution in [0.5, 0.6) is 0 Å². The molecule has 0 saturated heterocycles. The van der Waals surface area contributed by atoms with Gasteiger partial charge in [-0.2, -0.15) is 0 Å². The van der Waals surface area contributed by atoms with Crippen LogP contribution in [0.1, 0.15) is 0 Å². The van der Waals surface area contributed by atoms with Gasteiger partial charge in [-0.05, 0) is 50.2 Å². The van der Waals surface area contributed by atoms with E-state index in [0.717, 1.165) is 0 Å². The molecule has 3 heterocycles. The molecule has 0 spiro atoms. The molecule has 258 valence electrons. The van der Waals surface area contributed by atoms with Crippen LogP contribution in [-0.4, -0.2) is 28.8 Å². The fraction of sp³-hybridized carbons (Fsp3) is 0.125. The summed E-state index contributed by atoms with van der Waals surface area (Å²) in [6.07, 6.45) is 0. The Labute approximate surface area is 319 Å². The zero-order valence-corrected chi connectivity index (χ0v) is 34.7. The second kappa shape index (κ2) is 12.1. The van der Waals surface area contributed by atoms with Crippen LogP contribution in [0.2, 0.25) is 38.3 Å². The Bertz CT molecular complexity index is 2760. The number of nitrogens with zero attached hydrogens (tertiary/aromatic N) is 1. The van der Waals surface area contributed by atoms with Crippen molar-refractivity contribution in [2.45, 2.75) is 38.3 Å². The highest BCUT2D eigenvalue weighted by molar-refractivity contribution is 7.30. The molecule has 9 aromatic rings. The van der Waals surface area contributed by atoms with E-state index in [0.29, 0.717) is 0 Å². The summed E-state index contributed by atoms with van der Waals surface area (Å²) >= 11 is 1.98. The fourth-order valence-corrected chi connectivity index (χ4v) is 27.0. The van der Waals surface area contributed by atoms with Gasteiger partial charge in [0.25, 0.3) is 0 Å². The maximum absolute atomic E-state index is 2.94. The van der Waals surface area contributed by atoms with Crippen LogP contribution < -0.4 is 31.1 Å². The summed E-state index contributed by atoms with van der Waals surface area (Å²) in [4.78, 5) is 0. The predicted molar refractivity (Wildman–Crippen MR) is 241 cm³/mol. The van der Waals surface area contributed by atoms with E-state index in [1.54, 1.807) is 10.4 Å². The minimum absolute atomic E-state index is 1.31. The molecule has 0 fully saturated rings. The van der Waals surface area contributed by atoms with E-state index in [-0.39, 0.29) is 0 Å². The van der Waals surface area contributed by atoms with Crippen molar-refractivity contribution in [2.24, 2.45) is 0 Å². The average Bonchev–Trinajstić information content (AvgIpc) is 3.74. The standard InChI is InChI=1S/C48H43NSSi3/c1-51(2)30-31-52(3,4)48-43(49-41-26-14-11-22-37(41)38-23-12-15-27-42(38)49)32-36(33-46(48)51)53(34-18-7-5-8-19-34,35-20-9-6-10-21-35)45-29-17-25-40-39-24-13-16-28-44(39)50-47(40)45/h5-29,32-33H,30-31H2,1-4H3. The summed E-state index contributed by atoms with van der Waals surface area (Å²) in [5.41, 5.74) is 4.04. The third-order valence-electron chi connectivity index (χ3n) is 12.4. The lowest BCUT2D eigenvalue weighted by Gasteiger charge is -2.43. The van der Waals surface area contributed by atoms with Crippen molar-refractivity contribution < 1.29 is 0 Å². The van der Waals surface area contributed by atoms with Gasteiger partial charge in [-0.25, -0.2) is 0 Å². The highest BCUT2D eigenvalue weighted by atomic mass is 32.1. The predicted octanol–water partition coefficient (Wildman–Crippen LogP) is 9.37. The second-order valence-electron chi connectivity index (χ2n) is 16.3. The van der Waals surface area contributed by atoms with Crippen LogP contribution in [0.15, 0.2) is 164 Å². The van der Waals surface area contributed by atoms with Crippen molar-refractivity contribution >= 4 is 109 Å². The van der Waals surface area contributed by atoms with Crippen LogP contribution in [-0.2, 0) is 0 Å². The van der Waals surface area contributed by atoms with E-state index in [4.69, 9.17) is 0 Å². The normalized spacial score (nSPS) is 15.3. The van der Waals surface area contributed by atoms with Gasteiger partial charge in [0.15, 0.2) is 8.07 Å². The monoisotopic (exact) mass is 749 g/mol. The largest absolute Gasteiger partial charge is 0.309 e. The number of para-hydroxylation sites is 2. The second-order valence-corrected chi connectivity index (χ2v) is 30.7. The molecular formula is C48H43NSSi3. The van der Waals surface area contributed by atoms with Crippen molar-refractivity contribution in [1.29, 1.82) is 0 Å². The molecule has 1 nitrogen and oxygen atoms in total. The Morgan fingerprint density at radius 3 is 1.66 bits per heavy atom. The molecule has 7 aromatic carbocycles. The van der Waals surface area contributed by atoms with Crippen molar-refractivity contribution in [2.75, 3.05) is 0 Å². The first kappa shape index (κ1) is 32.8. The van der Waals surface area contributed by atoms with Crippen molar-refractivity contribution in [3.05, 3.63) is 164 Å². The van der Waals surface area contributed by atoms with Gasteiger partial charge in [-0.15, -0.1) is 11.3 Å². The van der Waals surface area contributed by atoms with Gasteiger partial charge >= 0.3 is 0 Å². The van der Waals surface area contributed by atoms with Gasteiger partial charge in [0, 0.05) is 36.6 Å². The average molecular weight is 750 g/mol. The molecule has 0 radical (unpaired) electrons. The number of hydrogen-bond donors (Lipinski definition) is 0. The van der Waals surface area contributed by atoms with Crippen molar-refractivity contribution in [1.82, 2.24) is 4.57 Å². The molecule has 0 bridgehead atoms. The van der Waals surface area contributed by atoms with Crippen LogP contribution in [0.3, 0.4) is 0 Å². The molecule has 1 aliphatic heterocycles. The molecule has 2 aromatic heterocycles. The van der Waals surface area contributed by atoms with Gasteiger partial charge in [0.1, 0.15) is 0 Å².